The predicted molar refractivity (Wildman–Crippen MR) is 79.5 cm³/mol. The lowest BCUT2D eigenvalue weighted by atomic mass is 10.0. The van der Waals surface area contributed by atoms with Gasteiger partial charge in [0.05, 0.1) is 5.92 Å². The van der Waals surface area contributed by atoms with Crippen molar-refractivity contribution in [1.29, 1.82) is 0 Å². The van der Waals surface area contributed by atoms with E-state index in [-0.39, 0.29) is 17.9 Å². The second-order valence-corrected chi connectivity index (χ2v) is 5.72. The summed E-state index contributed by atoms with van der Waals surface area (Å²) in [5.41, 5.74) is 7.08. The van der Waals surface area contributed by atoms with Gasteiger partial charge in [0.15, 0.2) is 11.5 Å². The van der Waals surface area contributed by atoms with E-state index in [4.69, 9.17) is 15.2 Å². The Bertz CT molecular complexity index is 518. The predicted octanol–water partition coefficient (Wildman–Crippen LogP) is 1.24. The van der Waals surface area contributed by atoms with Crippen LogP contribution in [0.1, 0.15) is 24.8 Å². The van der Waals surface area contributed by atoms with Crippen molar-refractivity contribution in [3.63, 3.8) is 0 Å². The van der Waals surface area contributed by atoms with Crippen LogP contribution < -0.4 is 20.5 Å². The average Bonchev–Trinajstić information content (AvgIpc) is 2.93. The normalized spacial score (nSPS) is 23.9. The number of hydrogen-bond donors (Lipinski definition) is 2. The molecule has 3 rings (SSSR count). The Hall–Kier alpha value is -1.75. The molecule has 0 radical (unpaired) electrons. The molecule has 21 heavy (non-hydrogen) atoms. The Morgan fingerprint density at radius 2 is 2.05 bits per heavy atom. The second-order valence-electron chi connectivity index (χ2n) is 5.72. The minimum Gasteiger partial charge on any atom is -0.486 e. The SMILES string of the molecule is NC1CCCC1C(=O)NCCc1ccc2c(c1)OCCO2. The van der Waals surface area contributed by atoms with E-state index in [1.807, 2.05) is 18.2 Å². The lowest BCUT2D eigenvalue weighted by molar-refractivity contribution is -0.125. The first-order chi connectivity index (χ1) is 10.2. The lowest BCUT2D eigenvalue weighted by Gasteiger charge is -2.19. The first kappa shape index (κ1) is 14.2. The number of ether oxygens (including phenoxy) is 2. The monoisotopic (exact) mass is 290 g/mol. The Morgan fingerprint density at radius 1 is 1.24 bits per heavy atom. The third kappa shape index (κ3) is 3.29. The van der Waals surface area contributed by atoms with E-state index in [0.29, 0.717) is 19.8 Å². The van der Waals surface area contributed by atoms with Crippen LogP contribution in [-0.4, -0.2) is 31.7 Å². The zero-order chi connectivity index (χ0) is 14.7. The first-order valence-corrected chi connectivity index (χ1v) is 7.66. The number of nitrogens with two attached hydrogens (primary N) is 1. The van der Waals surface area contributed by atoms with Crippen LogP contribution in [0.5, 0.6) is 11.5 Å². The molecule has 2 unspecified atom stereocenters. The summed E-state index contributed by atoms with van der Waals surface area (Å²) in [4.78, 5) is 12.0. The summed E-state index contributed by atoms with van der Waals surface area (Å²) in [5, 5.41) is 2.99. The Labute approximate surface area is 124 Å². The van der Waals surface area contributed by atoms with Gasteiger partial charge in [-0.2, -0.15) is 0 Å². The van der Waals surface area contributed by atoms with Gasteiger partial charge in [-0.1, -0.05) is 12.5 Å². The van der Waals surface area contributed by atoms with Crippen molar-refractivity contribution in [2.24, 2.45) is 11.7 Å². The van der Waals surface area contributed by atoms with Gasteiger partial charge in [0.2, 0.25) is 5.91 Å². The molecule has 1 saturated carbocycles. The van der Waals surface area contributed by atoms with Crippen LogP contribution in [-0.2, 0) is 11.2 Å². The number of benzene rings is 1. The van der Waals surface area contributed by atoms with Crippen molar-refractivity contribution in [2.75, 3.05) is 19.8 Å². The fourth-order valence-corrected chi connectivity index (χ4v) is 3.02. The van der Waals surface area contributed by atoms with Gasteiger partial charge in [-0.3, -0.25) is 4.79 Å². The summed E-state index contributed by atoms with van der Waals surface area (Å²) in [6.45, 7) is 1.82. The van der Waals surface area contributed by atoms with E-state index in [1.165, 1.54) is 0 Å². The van der Waals surface area contributed by atoms with Crippen molar-refractivity contribution in [2.45, 2.75) is 31.7 Å². The van der Waals surface area contributed by atoms with Crippen molar-refractivity contribution in [3.8, 4) is 11.5 Å². The van der Waals surface area contributed by atoms with Crippen LogP contribution in [0.4, 0.5) is 0 Å². The number of rotatable bonds is 4. The number of carbonyl (C=O) groups excluding carboxylic acids is 1. The summed E-state index contributed by atoms with van der Waals surface area (Å²) in [7, 11) is 0. The van der Waals surface area contributed by atoms with Gasteiger partial charge < -0.3 is 20.5 Å². The maximum Gasteiger partial charge on any atom is 0.224 e. The minimum atomic E-state index is -0.00901. The van der Waals surface area contributed by atoms with Crippen LogP contribution in [0.25, 0.3) is 0 Å². The van der Waals surface area contributed by atoms with E-state index in [0.717, 1.165) is 42.7 Å². The molecule has 1 amide bonds. The molecule has 0 saturated heterocycles. The molecule has 1 aromatic carbocycles. The number of carbonyl (C=O) groups is 1. The summed E-state index contributed by atoms with van der Waals surface area (Å²) >= 11 is 0. The lowest BCUT2D eigenvalue weighted by Crippen LogP contribution is -2.39. The summed E-state index contributed by atoms with van der Waals surface area (Å²) < 4.78 is 11.0. The summed E-state index contributed by atoms with van der Waals surface area (Å²) in [5.74, 6) is 1.68. The Morgan fingerprint density at radius 3 is 2.81 bits per heavy atom. The first-order valence-electron chi connectivity index (χ1n) is 7.66. The largest absolute Gasteiger partial charge is 0.486 e. The summed E-state index contributed by atoms with van der Waals surface area (Å²) in [6, 6.07) is 5.96. The van der Waals surface area contributed by atoms with Crippen LogP contribution >= 0.6 is 0 Å². The maximum absolute atomic E-state index is 12.0. The molecule has 1 aliphatic heterocycles. The van der Waals surface area contributed by atoms with Gasteiger partial charge in [0.25, 0.3) is 0 Å². The zero-order valence-electron chi connectivity index (χ0n) is 12.1. The number of nitrogens with one attached hydrogen (secondary N) is 1. The van der Waals surface area contributed by atoms with E-state index in [2.05, 4.69) is 5.32 Å². The highest BCUT2D eigenvalue weighted by molar-refractivity contribution is 5.79. The molecule has 1 aliphatic carbocycles. The molecule has 5 nitrogen and oxygen atoms in total. The van der Waals surface area contributed by atoms with Crippen molar-refractivity contribution in [1.82, 2.24) is 5.32 Å². The fraction of sp³-hybridized carbons (Fsp3) is 0.562. The number of fused-ring (bicyclic) bond motifs is 1. The van der Waals surface area contributed by atoms with E-state index >= 15 is 0 Å². The van der Waals surface area contributed by atoms with E-state index in [1.54, 1.807) is 0 Å². The highest BCUT2D eigenvalue weighted by atomic mass is 16.6. The molecule has 3 N–H and O–H groups in total. The van der Waals surface area contributed by atoms with Crippen molar-refractivity contribution in [3.05, 3.63) is 23.8 Å². The van der Waals surface area contributed by atoms with E-state index in [9.17, 15) is 4.79 Å². The molecular weight excluding hydrogens is 268 g/mol. The summed E-state index contributed by atoms with van der Waals surface area (Å²) in [6.07, 6.45) is 3.71. The molecule has 0 aromatic heterocycles. The standard InChI is InChI=1S/C16H22N2O3/c17-13-3-1-2-12(13)16(19)18-7-6-11-4-5-14-15(10-11)21-9-8-20-14/h4-5,10,12-13H,1-3,6-9,17H2,(H,18,19). The van der Waals surface area contributed by atoms with Gasteiger partial charge in [0.1, 0.15) is 13.2 Å². The van der Waals surface area contributed by atoms with Crippen LogP contribution in [0, 0.1) is 5.92 Å². The van der Waals surface area contributed by atoms with Crippen LogP contribution in [0.2, 0.25) is 0 Å². The van der Waals surface area contributed by atoms with Crippen molar-refractivity contribution < 1.29 is 14.3 Å². The maximum atomic E-state index is 12.0. The molecule has 114 valence electrons. The Kier molecular flexibility index (Phi) is 4.29. The highest BCUT2D eigenvalue weighted by Gasteiger charge is 2.29. The van der Waals surface area contributed by atoms with Crippen LogP contribution in [0.15, 0.2) is 18.2 Å². The topological polar surface area (TPSA) is 73.6 Å². The van der Waals surface area contributed by atoms with Gasteiger partial charge in [0, 0.05) is 12.6 Å². The third-order valence-corrected chi connectivity index (χ3v) is 4.23. The molecule has 2 atom stereocenters. The minimum absolute atomic E-state index is 0.00901. The molecule has 0 bridgehead atoms. The van der Waals surface area contributed by atoms with Gasteiger partial charge >= 0.3 is 0 Å². The van der Waals surface area contributed by atoms with E-state index < -0.39 is 0 Å². The Balaban J connectivity index is 1.50. The fourth-order valence-electron chi connectivity index (χ4n) is 3.02. The zero-order valence-corrected chi connectivity index (χ0v) is 12.1. The van der Waals surface area contributed by atoms with Crippen LogP contribution in [0.3, 0.4) is 0 Å². The number of hydrogen-bond acceptors (Lipinski definition) is 4. The average molecular weight is 290 g/mol. The molecule has 1 heterocycles. The van der Waals surface area contributed by atoms with Gasteiger partial charge in [-0.05, 0) is 37.0 Å². The third-order valence-electron chi connectivity index (χ3n) is 4.23. The molecule has 1 aromatic rings. The smallest absolute Gasteiger partial charge is 0.224 e. The molecule has 2 aliphatic rings. The van der Waals surface area contributed by atoms with Gasteiger partial charge in [-0.15, -0.1) is 0 Å². The number of amides is 1. The van der Waals surface area contributed by atoms with Crippen molar-refractivity contribution >= 4 is 5.91 Å². The molecule has 1 fully saturated rings. The quantitative estimate of drug-likeness (QED) is 0.875. The molecule has 0 spiro atoms. The second kappa shape index (κ2) is 6.35. The highest BCUT2D eigenvalue weighted by Crippen LogP contribution is 2.30. The molecular formula is C16H22N2O3. The molecule has 5 heteroatoms. The van der Waals surface area contributed by atoms with Gasteiger partial charge in [-0.25, -0.2) is 0 Å².